The van der Waals surface area contributed by atoms with Gasteiger partial charge in [-0.05, 0) is 52.1 Å². The first-order chi connectivity index (χ1) is 7.47. The van der Waals surface area contributed by atoms with Gasteiger partial charge in [0, 0.05) is 12.2 Å². The second-order valence-corrected chi connectivity index (χ2v) is 9.08. The van der Waals surface area contributed by atoms with Crippen LogP contribution in [0.4, 0.5) is 0 Å². The smallest absolute Gasteiger partial charge is 0.338 e. The molecule has 1 rings (SSSR count). The Kier molecular flexibility index (Phi) is 5.48. The third-order valence-electron chi connectivity index (χ3n) is 3.07. The molecule has 1 fully saturated rings. The molecule has 1 aliphatic rings. The highest BCUT2D eigenvalue weighted by atomic mass is 28.4. The average Bonchev–Trinajstić information content (AvgIpc) is 2.95. The fourth-order valence-corrected chi connectivity index (χ4v) is 5.72. The topological polar surface area (TPSA) is 18.5 Å². The first-order valence-corrected chi connectivity index (χ1v) is 9.06. The van der Waals surface area contributed by atoms with E-state index < -0.39 is 8.56 Å². The number of hydrogen-bond donors (Lipinski definition) is 0. The first kappa shape index (κ1) is 14.2. The molecular formula is C13H28O2Si. The summed E-state index contributed by atoms with van der Waals surface area (Å²) in [6.07, 6.45) is 4.77. The number of hydrogen-bond acceptors (Lipinski definition) is 2. The Bertz CT molecular complexity index is 190. The van der Waals surface area contributed by atoms with E-state index in [0.29, 0.717) is 12.2 Å². The lowest BCUT2D eigenvalue weighted by Gasteiger charge is -2.33. The zero-order valence-electron chi connectivity index (χ0n) is 11.6. The molecule has 0 heterocycles. The molecule has 16 heavy (non-hydrogen) atoms. The molecule has 0 aromatic heterocycles. The quantitative estimate of drug-likeness (QED) is 0.599. The summed E-state index contributed by atoms with van der Waals surface area (Å²) in [6.45, 7) is 10.7. The molecule has 96 valence electrons. The molecule has 1 saturated carbocycles. The van der Waals surface area contributed by atoms with E-state index in [1.807, 2.05) is 0 Å². The molecule has 0 atom stereocenters. The van der Waals surface area contributed by atoms with Crippen molar-refractivity contribution in [2.75, 3.05) is 0 Å². The van der Waals surface area contributed by atoms with Gasteiger partial charge in [-0.15, -0.1) is 0 Å². The van der Waals surface area contributed by atoms with Crippen molar-refractivity contribution in [2.24, 2.45) is 5.92 Å². The maximum Gasteiger partial charge on any atom is 0.338 e. The SMILES string of the molecule is CC[Si](CCC1CC1)(OC(C)C)OC(C)C. The summed E-state index contributed by atoms with van der Waals surface area (Å²) < 4.78 is 12.4. The normalized spacial score (nSPS) is 17.4. The third kappa shape index (κ3) is 4.98. The van der Waals surface area contributed by atoms with Crippen LogP contribution in [-0.2, 0) is 8.85 Å². The largest absolute Gasteiger partial charge is 0.392 e. The Morgan fingerprint density at radius 1 is 1.06 bits per heavy atom. The van der Waals surface area contributed by atoms with Gasteiger partial charge in [-0.3, -0.25) is 0 Å². The minimum absolute atomic E-state index is 0.296. The predicted octanol–water partition coefficient (Wildman–Crippen LogP) is 4.10. The predicted molar refractivity (Wildman–Crippen MR) is 70.8 cm³/mol. The van der Waals surface area contributed by atoms with Crippen molar-refractivity contribution < 1.29 is 8.85 Å². The van der Waals surface area contributed by atoms with Crippen molar-refractivity contribution in [2.45, 2.75) is 78.2 Å². The Morgan fingerprint density at radius 3 is 1.88 bits per heavy atom. The zero-order chi connectivity index (χ0) is 12.2. The van der Waals surface area contributed by atoms with Gasteiger partial charge in [0.2, 0.25) is 0 Å². The van der Waals surface area contributed by atoms with Gasteiger partial charge < -0.3 is 8.85 Å². The van der Waals surface area contributed by atoms with Gasteiger partial charge in [-0.2, -0.15) is 0 Å². The molecule has 0 N–H and O–H groups in total. The van der Waals surface area contributed by atoms with E-state index in [-0.39, 0.29) is 0 Å². The second kappa shape index (κ2) is 6.17. The minimum Gasteiger partial charge on any atom is -0.392 e. The van der Waals surface area contributed by atoms with Crippen molar-refractivity contribution in [3.05, 3.63) is 0 Å². The van der Waals surface area contributed by atoms with Crippen LogP contribution in [-0.4, -0.2) is 20.8 Å². The monoisotopic (exact) mass is 244 g/mol. The number of rotatable bonds is 8. The highest BCUT2D eigenvalue weighted by Gasteiger charge is 2.39. The summed E-state index contributed by atoms with van der Waals surface area (Å²) >= 11 is 0. The molecule has 0 radical (unpaired) electrons. The van der Waals surface area contributed by atoms with Crippen LogP contribution in [0.1, 0.15) is 53.9 Å². The maximum atomic E-state index is 6.19. The molecule has 0 amide bonds. The van der Waals surface area contributed by atoms with Crippen molar-refractivity contribution in [1.29, 1.82) is 0 Å². The molecule has 0 aliphatic heterocycles. The summed E-state index contributed by atoms with van der Waals surface area (Å²) in [5.74, 6) is 0.977. The minimum atomic E-state index is -1.92. The molecular weight excluding hydrogens is 216 g/mol. The molecule has 2 nitrogen and oxygen atoms in total. The van der Waals surface area contributed by atoms with Gasteiger partial charge in [0.05, 0.1) is 0 Å². The van der Waals surface area contributed by atoms with Crippen LogP contribution >= 0.6 is 0 Å². The molecule has 0 saturated heterocycles. The molecule has 0 spiro atoms. The van der Waals surface area contributed by atoms with Crippen molar-refractivity contribution in [3.63, 3.8) is 0 Å². The van der Waals surface area contributed by atoms with Crippen LogP contribution in [0.3, 0.4) is 0 Å². The van der Waals surface area contributed by atoms with Gasteiger partial charge >= 0.3 is 8.56 Å². The van der Waals surface area contributed by atoms with Gasteiger partial charge in [0.15, 0.2) is 0 Å². The molecule has 1 aliphatic carbocycles. The summed E-state index contributed by atoms with van der Waals surface area (Å²) in [7, 11) is -1.92. The van der Waals surface area contributed by atoms with Crippen molar-refractivity contribution in [3.8, 4) is 0 Å². The average molecular weight is 244 g/mol. The van der Waals surface area contributed by atoms with E-state index in [1.54, 1.807) is 0 Å². The molecule has 0 bridgehead atoms. The molecule has 3 heteroatoms. The lowest BCUT2D eigenvalue weighted by molar-refractivity contribution is 0.104. The Labute approximate surface area is 102 Å². The summed E-state index contributed by atoms with van der Waals surface area (Å²) in [6, 6.07) is 2.26. The van der Waals surface area contributed by atoms with E-state index in [1.165, 1.54) is 25.3 Å². The Hall–Kier alpha value is 0.137. The standard InChI is InChI=1S/C13H28O2Si/c1-6-16(14-11(2)3,15-12(4)5)10-9-13-7-8-13/h11-13H,6-10H2,1-5H3. The fraction of sp³-hybridized carbons (Fsp3) is 1.00. The molecule has 0 unspecified atom stereocenters. The first-order valence-electron chi connectivity index (χ1n) is 6.83. The lowest BCUT2D eigenvalue weighted by atomic mass is 10.3. The van der Waals surface area contributed by atoms with E-state index in [0.717, 1.165) is 12.0 Å². The zero-order valence-corrected chi connectivity index (χ0v) is 12.6. The van der Waals surface area contributed by atoms with Crippen LogP contribution < -0.4 is 0 Å². The Balaban J connectivity index is 2.53. The van der Waals surface area contributed by atoms with Gasteiger partial charge in [0.1, 0.15) is 0 Å². The summed E-state index contributed by atoms with van der Waals surface area (Å²) in [5, 5.41) is 0. The van der Waals surface area contributed by atoms with Gasteiger partial charge in [-0.1, -0.05) is 19.8 Å². The van der Waals surface area contributed by atoms with Crippen LogP contribution in [0.2, 0.25) is 12.1 Å². The van der Waals surface area contributed by atoms with Crippen LogP contribution in [0.25, 0.3) is 0 Å². The van der Waals surface area contributed by atoms with E-state index >= 15 is 0 Å². The lowest BCUT2D eigenvalue weighted by Crippen LogP contribution is -2.45. The van der Waals surface area contributed by atoms with E-state index in [2.05, 4.69) is 34.6 Å². The second-order valence-electron chi connectivity index (χ2n) is 5.58. The molecule has 0 aromatic carbocycles. The van der Waals surface area contributed by atoms with Crippen molar-refractivity contribution in [1.82, 2.24) is 0 Å². The highest BCUT2D eigenvalue weighted by Crippen LogP contribution is 2.37. The van der Waals surface area contributed by atoms with Gasteiger partial charge in [0.25, 0.3) is 0 Å². The Morgan fingerprint density at radius 2 is 1.56 bits per heavy atom. The van der Waals surface area contributed by atoms with Gasteiger partial charge in [-0.25, -0.2) is 0 Å². The summed E-state index contributed by atoms with van der Waals surface area (Å²) in [5.41, 5.74) is 0. The van der Waals surface area contributed by atoms with Crippen LogP contribution in [0.15, 0.2) is 0 Å². The summed E-state index contributed by atoms with van der Waals surface area (Å²) in [4.78, 5) is 0. The van der Waals surface area contributed by atoms with Crippen molar-refractivity contribution >= 4 is 8.56 Å². The molecule has 0 aromatic rings. The fourth-order valence-electron chi connectivity index (χ4n) is 2.18. The van der Waals surface area contributed by atoms with Crippen LogP contribution in [0.5, 0.6) is 0 Å². The third-order valence-corrected chi connectivity index (χ3v) is 7.00. The van der Waals surface area contributed by atoms with E-state index in [4.69, 9.17) is 8.85 Å². The maximum absolute atomic E-state index is 6.19. The van der Waals surface area contributed by atoms with E-state index in [9.17, 15) is 0 Å². The highest BCUT2D eigenvalue weighted by molar-refractivity contribution is 6.67. The van der Waals surface area contributed by atoms with Crippen LogP contribution in [0, 0.1) is 5.92 Å².